The first-order valence-corrected chi connectivity index (χ1v) is 17.8. The Bertz CT molecular complexity index is 1280. The number of allylic oxidation sites excluding steroid dienone is 1. The number of fused-ring (bicyclic) bond motifs is 2. The molecular formula is C30H41NO9Si. The topological polar surface area (TPSA) is 148 Å². The summed E-state index contributed by atoms with van der Waals surface area (Å²) in [4.78, 5) is 52.3. The van der Waals surface area contributed by atoms with Crippen LogP contribution in [0.5, 0.6) is 11.5 Å². The Hall–Kier alpha value is -3.02. The summed E-state index contributed by atoms with van der Waals surface area (Å²) in [6, 6.07) is 3.19. The largest absolute Gasteiger partial charge is 0.506 e. The molecule has 5 rings (SSSR count). The maximum atomic E-state index is 13.3. The highest BCUT2D eigenvalue weighted by atomic mass is 28.3. The van der Waals surface area contributed by atoms with Crippen molar-refractivity contribution < 1.29 is 43.6 Å². The molecule has 2 bridgehead atoms. The highest BCUT2D eigenvalue weighted by Gasteiger charge is 2.72. The number of amides is 1. The number of methoxy groups -OCH3 is 2. The van der Waals surface area contributed by atoms with E-state index in [4.69, 9.17) is 14.2 Å². The van der Waals surface area contributed by atoms with Gasteiger partial charge in [0.2, 0.25) is 11.7 Å². The van der Waals surface area contributed by atoms with Crippen LogP contribution >= 0.6 is 0 Å². The van der Waals surface area contributed by atoms with E-state index in [1.54, 1.807) is 6.08 Å². The van der Waals surface area contributed by atoms with E-state index in [-0.39, 0.29) is 54.1 Å². The number of hydrogen-bond donors (Lipinski definition) is 3. The molecule has 224 valence electrons. The second kappa shape index (κ2) is 11.0. The van der Waals surface area contributed by atoms with Gasteiger partial charge in [-0.3, -0.25) is 14.4 Å². The van der Waals surface area contributed by atoms with Crippen LogP contribution in [0.25, 0.3) is 0 Å². The predicted octanol–water partition coefficient (Wildman–Crippen LogP) is 4.43. The molecule has 0 aromatic heterocycles. The maximum Gasteiger partial charge on any atom is 0.341 e. The fourth-order valence-corrected chi connectivity index (χ4v) is 7.70. The Morgan fingerprint density at radius 3 is 2.44 bits per heavy atom. The third-order valence-electron chi connectivity index (χ3n) is 9.39. The van der Waals surface area contributed by atoms with Crippen molar-refractivity contribution in [1.29, 1.82) is 0 Å². The third kappa shape index (κ3) is 5.12. The molecule has 0 heterocycles. The van der Waals surface area contributed by atoms with Crippen molar-refractivity contribution in [2.45, 2.75) is 70.5 Å². The van der Waals surface area contributed by atoms with E-state index in [1.165, 1.54) is 32.4 Å². The Kier molecular flexibility index (Phi) is 8.29. The van der Waals surface area contributed by atoms with Crippen LogP contribution in [0.4, 0.5) is 5.69 Å². The lowest BCUT2D eigenvalue weighted by molar-refractivity contribution is -0.295. The van der Waals surface area contributed by atoms with Gasteiger partial charge in [-0.25, -0.2) is 4.79 Å². The Balaban J connectivity index is 1.51. The first-order chi connectivity index (χ1) is 19.2. The second-order valence-electron chi connectivity index (χ2n) is 12.9. The molecule has 1 amide bonds. The van der Waals surface area contributed by atoms with Gasteiger partial charge in [0.25, 0.3) is 0 Å². The fourth-order valence-electron chi connectivity index (χ4n) is 6.99. The number of nitrogens with one attached hydrogen (secondary N) is 1. The van der Waals surface area contributed by atoms with Crippen LogP contribution in [0.3, 0.4) is 0 Å². The van der Waals surface area contributed by atoms with Crippen molar-refractivity contribution in [2.24, 2.45) is 22.7 Å². The average molecular weight is 588 g/mol. The van der Waals surface area contributed by atoms with E-state index >= 15 is 0 Å². The molecule has 1 aromatic rings. The monoisotopic (exact) mass is 587 g/mol. The molecule has 0 radical (unpaired) electrons. The number of aromatic hydroxyl groups is 2. The number of Topliss-reactive ketones (excluding diaryl/α,β-unsaturated/α-hetero) is 1. The number of phenolic OH excluding ortho intramolecular Hbond substituents is 2. The summed E-state index contributed by atoms with van der Waals surface area (Å²) in [7, 11) is 1.44. The van der Waals surface area contributed by atoms with Crippen molar-refractivity contribution in [1.82, 2.24) is 0 Å². The molecule has 2 unspecified atom stereocenters. The highest BCUT2D eigenvalue weighted by Crippen LogP contribution is 2.66. The van der Waals surface area contributed by atoms with Crippen LogP contribution in [0.15, 0.2) is 24.3 Å². The summed E-state index contributed by atoms with van der Waals surface area (Å²) in [6.07, 6.45) is 5.07. The van der Waals surface area contributed by atoms with Crippen molar-refractivity contribution in [2.75, 3.05) is 26.1 Å². The smallest absolute Gasteiger partial charge is 0.341 e. The minimum atomic E-state index is -1.50. The van der Waals surface area contributed by atoms with Crippen molar-refractivity contribution in [3.63, 3.8) is 0 Å². The molecule has 4 atom stereocenters. The van der Waals surface area contributed by atoms with Crippen molar-refractivity contribution in [3.05, 3.63) is 29.8 Å². The number of carbonyl (C=O) groups is 4. The summed E-state index contributed by atoms with van der Waals surface area (Å²) >= 11 is 0. The fraction of sp³-hybridized carbons (Fsp3) is 0.600. The standard InChI is InChI=1S/C30H41NO9Si/c1-28(21-17-18-9-13-29(21,14-10-22(28)33)30(38-2,39-3)26(18)36)12-11-23(34)31-24-20(32)8-7-19(25(24)35)27(37)40-15-16-41(4,5)6/h7-8,10,14,18,21,32,35H,9,11-13,15-17H2,1-6H3,(H,31,34)/t18-,21?,28?,29-/m0/s1. The summed E-state index contributed by atoms with van der Waals surface area (Å²) in [5.74, 6) is -4.68. The first kappa shape index (κ1) is 30.9. The number of carbonyl (C=O) groups excluding carboxylic acids is 4. The minimum Gasteiger partial charge on any atom is -0.506 e. The Morgan fingerprint density at radius 1 is 1.12 bits per heavy atom. The van der Waals surface area contributed by atoms with Crippen molar-refractivity contribution >= 4 is 37.2 Å². The summed E-state index contributed by atoms with van der Waals surface area (Å²) < 4.78 is 16.8. The number of ether oxygens (including phenoxy) is 3. The number of anilines is 1. The number of esters is 1. The zero-order valence-electron chi connectivity index (χ0n) is 24.7. The highest BCUT2D eigenvalue weighted by molar-refractivity contribution is 6.76. The van der Waals surface area contributed by atoms with Gasteiger partial charge in [0.1, 0.15) is 17.0 Å². The number of phenols is 2. The summed E-state index contributed by atoms with van der Waals surface area (Å²) in [6.45, 7) is 8.46. The van der Waals surface area contributed by atoms with Crippen LogP contribution in [-0.4, -0.2) is 68.3 Å². The van der Waals surface area contributed by atoms with Gasteiger partial charge >= 0.3 is 5.97 Å². The quantitative estimate of drug-likeness (QED) is 0.156. The number of ketones is 2. The lowest BCUT2D eigenvalue weighted by atomic mass is 9.42. The molecule has 3 N–H and O–H groups in total. The number of rotatable bonds is 10. The Labute approximate surface area is 241 Å². The van der Waals surface area contributed by atoms with Crippen LogP contribution in [-0.2, 0) is 28.6 Å². The third-order valence-corrected chi connectivity index (χ3v) is 11.1. The zero-order valence-corrected chi connectivity index (χ0v) is 25.7. The van der Waals surface area contributed by atoms with E-state index in [0.717, 1.165) is 6.04 Å². The first-order valence-electron chi connectivity index (χ1n) is 14.1. The van der Waals surface area contributed by atoms with Crippen molar-refractivity contribution in [3.8, 4) is 11.5 Å². The molecule has 41 heavy (non-hydrogen) atoms. The summed E-state index contributed by atoms with van der Waals surface area (Å²) in [5, 5.41) is 23.6. The number of hydrogen-bond acceptors (Lipinski definition) is 9. The number of benzene rings is 1. The zero-order chi connectivity index (χ0) is 30.4. The molecule has 4 aliphatic rings. The molecule has 1 aromatic carbocycles. The van der Waals surface area contributed by atoms with Gasteiger partial charge in [-0.2, -0.15) is 0 Å². The molecule has 3 fully saturated rings. The molecule has 10 nitrogen and oxygen atoms in total. The van der Waals surface area contributed by atoms with E-state index < -0.39 is 48.1 Å². The molecule has 4 aliphatic carbocycles. The van der Waals surface area contributed by atoms with Gasteiger partial charge in [-0.15, -0.1) is 0 Å². The van der Waals surface area contributed by atoms with Gasteiger partial charge < -0.3 is 29.7 Å². The predicted molar refractivity (Wildman–Crippen MR) is 153 cm³/mol. The van der Waals surface area contributed by atoms with Crippen LogP contribution in [0.2, 0.25) is 25.7 Å². The lowest BCUT2D eigenvalue weighted by Gasteiger charge is -2.63. The van der Waals surface area contributed by atoms with Gasteiger partial charge in [0.05, 0.1) is 12.0 Å². The van der Waals surface area contributed by atoms with Gasteiger partial charge in [-0.1, -0.05) is 32.6 Å². The molecule has 1 spiro atoms. The summed E-state index contributed by atoms with van der Waals surface area (Å²) in [5.41, 5.74) is -2.30. The van der Waals surface area contributed by atoms with Gasteiger partial charge in [0, 0.05) is 40.0 Å². The van der Waals surface area contributed by atoms with Crippen LogP contribution in [0.1, 0.15) is 49.4 Å². The van der Waals surface area contributed by atoms with Crippen LogP contribution < -0.4 is 5.32 Å². The second-order valence-corrected chi connectivity index (χ2v) is 18.5. The molecular weight excluding hydrogens is 546 g/mol. The molecule has 11 heteroatoms. The lowest BCUT2D eigenvalue weighted by Crippen LogP contribution is -2.71. The molecule has 0 aliphatic heterocycles. The normalized spacial score (nSPS) is 28.3. The molecule has 3 saturated carbocycles. The minimum absolute atomic E-state index is 0.113. The van der Waals surface area contributed by atoms with Gasteiger partial charge in [-0.05, 0) is 55.9 Å². The van der Waals surface area contributed by atoms with E-state index in [1.807, 2.05) is 6.92 Å². The average Bonchev–Trinajstić information content (AvgIpc) is 2.92. The SMILES string of the molecule is COC1(OC)C(=O)[C@H]2CC[C@@]13C=CC(=O)C(C)(CCC(=O)Nc1c(O)ccc(C(=O)OCC[Si](C)(C)C)c1O)C3C2. The van der Waals surface area contributed by atoms with E-state index in [0.29, 0.717) is 19.3 Å². The maximum absolute atomic E-state index is 13.3. The van der Waals surface area contributed by atoms with E-state index in [9.17, 15) is 29.4 Å². The van der Waals surface area contributed by atoms with Crippen LogP contribution in [0, 0.1) is 22.7 Å². The van der Waals surface area contributed by atoms with Gasteiger partial charge in [0.15, 0.2) is 17.3 Å². The Morgan fingerprint density at radius 2 is 1.80 bits per heavy atom. The molecule has 0 saturated heterocycles. The van der Waals surface area contributed by atoms with E-state index in [2.05, 4.69) is 25.0 Å².